The maximum atomic E-state index is 11.2. The fraction of sp³-hybridized carbons (Fsp3) is 1.00. The standard InChI is InChI=1S/C26H46O21/c1-26(39)10(5-29)45-25(17(36)21(26)37)47-20-9(6-41-23-15(34)12(31)18(40-2)7(3-27)43-23)44-24(16(35)13(20)32)46-19-8(4-28)42-22(38)14(33)11(19)30/h7-25,27-39H,3-6H2,1-2H3. The van der Waals surface area contributed by atoms with Crippen LogP contribution in [0, 0.1) is 0 Å². The average Bonchev–Trinajstić information content (AvgIpc) is 3.05. The smallest absolute Gasteiger partial charge is 0.187 e. The lowest BCUT2D eigenvalue weighted by molar-refractivity contribution is -0.388. The highest BCUT2D eigenvalue weighted by atomic mass is 16.8. The Morgan fingerprint density at radius 2 is 1.04 bits per heavy atom. The minimum atomic E-state index is -2.14. The van der Waals surface area contributed by atoms with E-state index in [1.807, 2.05) is 0 Å². The molecular formula is C26H46O21. The third-order valence-electron chi connectivity index (χ3n) is 8.90. The highest BCUT2D eigenvalue weighted by molar-refractivity contribution is 5.01. The first kappa shape index (κ1) is 39.0. The summed E-state index contributed by atoms with van der Waals surface area (Å²) in [4.78, 5) is 0. The lowest BCUT2D eigenvalue weighted by Gasteiger charge is -2.50. The Balaban J connectivity index is 1.58. The van der Waals surface area contributed by atoms with Gasteiger partial charge in [0.05, 0.1) is 26.4 Å². The molecule has 21 nitrogen and oxygen atoms in total. The number of aliphatic hydroxyl groups is 13. The van der Waals surface area contributed by atoms with Gasteiger partial charge in [-0.05, 0) is 6.92 Å². The molecule has 0 aromatic rings. The van der Waals surface area contributed by atoms with Crippen LogP contribution in [0.5, 0.6) is 0 Å². The summed E-state index contributed by atoms with van der Waals surface area (Å²) in [7, 11) is 1.22. The summed E-state index contributed by atoms with van der Waals surface area (Å²) >= 11 is 0. The molecule has 4 saturated heterocycles. The van der Waals surface area contributed by atoms with Crippen LogP contribution in [-0.2, 0) is 37.9 Å². The highest BCUT2D eigenvalue weighted by Gasteiger charge is 2.56. The molecule has 47 heavy (non-hydrogen) atoms. The van der Waals surface area contributed by atoms with Crippen molar-refractivity contribution in [3.8, 4) is 0 Å². The van der Waals surface area contributed by atoms with E-state index in [1.54, 1.807) is 0 Å². The van der Waals surface area contributed by atoms with Crippen molar-refractivity contribution in [2.24, 2.45) is 0 Å². The summed E-state index contributed by atoms with van der Waals surface area (Å²) in [6.45, 7) is -1.95. The number of ether oxygens (including phenoxy) is 8. The zero-order valence-corrected chi connectivity index (χ0v) is 25.4. The second-order valence-electron chi connectivity index (χ2n) is 12.0. The van der Waals surface area contributed by atoms with E-state index < -0.39 is 149 Å². The number of aliphatic hydroxyl groups excluding tert-OH is 12. The van der Waals surface area contributed by atoms with Gasteiger partial charge in [-0.25, -0.2) is 0 Å². The molecule has 4 rings (SSSR count). The van der Waals surface area contributed by atoms with Crippen LogP contribution < -0.4 is 0 Å². The van der Waals surface area contributed by atoms with E-state index >= 15 is 0 Å². The lowest BCUT2D eigenvalue weighted by atomic mass is 9.86. The molecule has 0 spiro atoms. The molecule has 4 heterocycles. The van der Waals surface area contributed by atoms with Crippen LogP contribution in [0.3, 0.4) is 0 Å². The Hall–Kier alpha value is -0.840. The van der Waals surface area contributed by atoms with Gasteiger partial charge in [-0.15, -0.1) is 0 Å². The molecule has 0 amide bonds. The summed E-state index contributed by atoms with van der Waals surface area (Å²) in [5.41, 5.74) is -2.14. The SMILES string of the molecule is COC1C(CO)OC(OCC2OC(OC3C(CO)OC(O)C(O)C3O)C(O)C(O)C2OC2OC(CO)C(C)(O)C(O)C2O)C(O)C1O. The largest absolute Gasteiger partial charge is 0.394 e. The number of hydrogen-bond acceptors (Lipinski definition) is 21. The second kappa shape index (κ2) is 16.0. The minimum absolute atomic E-state index is 0.651. The third kappa shape index (κ3) is 7.75. The van der Waals surface area contributed by atoms with Crippen LogP contribution in [0.4, 0.5) is 0 Å². The Morgan fingerprint density at radius 1 is 0.553 bits per heavy atom. The number of methoxy groups -OCH3 is 1. The topological polar surface area (TPSA) is 337 Å². The van der Waals surface area contributed by atoms with Crippen molar-refractivity contribution in [3.05, 3.63) is 0 Å². The quantitative estimate of drug-likeness (QED) is 0.0954. The van der Waals surface area contributed by atoms with Crippen molar-refractivity contribution in [2.75, 3.05) is 33.5 Å². The fourth-order valence-electron chi connectivity index (χ4n) is 5.94. The van der Waals surface area contributed by atoms with Crippen LogP contribution >= 0.6 is 0 Å². The van der Waals surface area contributed by atoms with Crippen molar-refractivity contribution in [1.82, 2.24) is 0 Å². The van der Waals surface area contributed by atoms with E-state index in [2.05, 4.69) is 0 Å². The molecule has 0 aliphatic carbocycles. The van der Waals surface area contributed by atoms with E-state index in [0.717, 1.165) is 6.92 Å². The Bertz CT molecular complexity index is 969. The van der Waals surface area contributed by atoms with E-state index in [1.165, 1.54) is 7.11 Å². The molecule has 0 bridgehead atoms. The molecule has 4 fully saturated rings. The molecule has 21 heteroatoms. The predicted molar refractivity (Wildman–Crippen MR) is 143 cm³/mol. The van der Waals surface area contributed by atoms with Crippen LogP contribution in [0.1, 0.15) is 6.92 Å². The molecule has 0 aromatic carbocycles. The van der Waals surface area contributed by atoms with E-state index in [0.29, 0.717) is 0 Å². The molecule has 20 atom stereocenters. The molecule has 20 unspecified atom stereocenters. The van der Waals surface area contributed by atoms with Gasteiger partial charge in [0.2, 0.25) is 0 Å². The first-order chi connectivity index (χ1) is 22.1. The Kier molecular flexibility index (Phi) is 13.3. The first-order valence-corrected chi connectivity index (χ1v) is 14.9. The van der Waals surface area contributed by atoms with Gasteiger partial charge in [0.1, 0.15) is 97.2 Å². The van der Waals surface area contributed by atoms with Crippen LogP contribution in [-0.4, -0.2) is 222 Å². The summed E-state index contributed by atoms with van der Waals surface area (Å²) in [5, 5.41) is 134. The average molecular weight is 695 g/mol. The summed E-state index contributed by atoms with van der Waals surface area (Å²) in [5.74, 6) is 0. The molecule has 0 saturated carbocycles. The van der Waals surface area contributed by atoms with Crippen molar-refractivity contribution < 1.29 is 104 Å². The fourth-order valence-corrected chi connectivity index (χ4v) is 5.94. The van der Waals surface area contributed by atoms with Gasteiger partial charge in [-0.3, -0.25) is 0 Å². The van der Waals surface area contributed by atoms with Crippen LogP contribution in [0.15, 0.2) is 0 Å². The van der Waals surface area contributed by atoms with Crippen molar-refractivity contribution >= 4 is 0 Å². The molecule has 0 radical (unpaired) electrons. The zero-order chi connectivity index (χ0) is 35.0. The zero-order valence-electron chi connectivity index (χ0n) is 25.4. The summed E-state index contributed by atoms with van der Waals surface area (Å²) in [6.07, 6.45) is -32.7. The number of rotatable bonds is 11. The third-order valence-corrected chi connectivity index (χ3v) is 8.90. The Labute approximate surface area is 267 Å². The summed E-state index contributed by atoms with van der Waals surface area (Å²) in [6, 6.07) is 0. The van der Waals surface area contributed by atoms with E-state index in [-0.39, 0.29) is 0 Å². The van der Waals surface area contributed by atoms with Crippen LogP contribution in [0.2, 0.25) is 0 Å². The van der Waals surface area contributed by atoms with Crippen molar-refractivity contribution in [3.63, 3.8) is 0 Å². The lowest BCUT2D eigenvalue weighted by Crippen LogP contribution is -2.69. The monoisotopic (exact) mass is 694 g/mol. The van der Waals surface area contributed by atoms with Crippen molar-refractivity contribution in [1.29, 1.82) is 0 Å². The molecule has 4 aliphatic rings. The number of hydrogen-bond donors (Lipinski definition) is 13. The van der Waals surface area contributed by atoms with Gasteiger partial charge in [-0.2, -0.15) is 0 Å². The minimum Gasteiger partial charge on any atom is -0.394 e. The molecule has 4 aliphatic heterocycles. The van der Waals surface area contributed by atoms with Crippen LogP contribution in [0.25, 0.3) is 0 Å². The molecule has 13 N–H and O–H groups in total. The highest BCUT2D eigenvalue weighted by Crippen LogP contribution is 2.35. The first-order valence-electron chi connectivity index (χ1n) is 14.9. The molecular weight excluding hydrogens is 648 g/mol. The second-order valence-corrected chi connectivity index (χ2v) is 12.0. The Morgan fingerprint density at radius 3 is 1.62 bits per heavy atom. The maximum absolute atomic E-state index is 11.2. The maximum Gasteiger partial charge on any atom is 0.187 e. The normalized spacial score (nSPS) is 52.8. The van der Waals surface area contributed by atoms with Crippen molar-refractivity contribution in [2.45, 2.75) is 129 Å². The van der Waals surface area contributed by atoms with Gasteiger partial charge in [0, 0.05) is 7.11 Å². The summed E-state index contributed by atoms with van der Waals surface area (Å²) < 4.78 is 43.8. The van der Waals surface area contributed by atoms with Gasteiger partial charge < -0.3 is 104 Å². The van der Waals surface area contributed by atoms with Gasteiger partial charge in [-0.1, -0.05) is 0 Å². The molecule has 276 valence electrons. The van der Waals surface area contributed by atoms with Gasteiger partial charge in [0.15, 0.2) is 25.2 Å². The van der Waals surface area contributed by atoms with Gasteiger partial charge >= 0.3 is 0 Å². The molecule has 0 aromatic heterocycles. The van der Waals surface area contributed by atoms with Gasteiger partial charge in [0.25, 0.3) is 0 Å². The van der Waals surface area contributed by atoms with E-state index in [4.69, 9.17) is 37.9 Å². The van der Waals surface area contributed by atoms with E-state index in [9.17, 15) is 66.4 Å². The predicted octanol–water partition coefficient (Wildman–Crippen LogP) is -8.70.